The molecule has 2 amide bonds. The third kappa shape index (κ3) is 5.76. The fraction of sp³-hybridized carbons (Fsp3) is 0.345. The first kappa shape index (κ1) is 26.7. The largest absolute Gasteiger partial charge is 0.388 e. The topological polar surface area (TPSA) is 113 Å². The molecule has 39 heavy (non-hydrogen) atoms. The van der Waals surface area contributed by atoms with Crippen LogP contribution in [0.4, 0.5) is 5.95 Å². The Kier molecular flexibility index (Phi) is 7.85. The van der Waals surface area contributed by atoms with E-state index in [1.54, 1.807) is 18.3 Å². The highest BCUT2D eigenvalue weighted by atomic mass is 32.1. The standard InChI is InChI=1S/C29H32N6O3S/c1-4-27(37)34-14-6-7-20(34)17-35-23-10-9-19(24(36)15-18(2)3)16-22(23)31-29(35)32-28(38)26-12-11-25(39-26)21-8-5-13-30-33-21/h4-5,8-13,16,18,20,24,36H,1,6-7,14-15,17H2,2-3H3,(H,31,32,38)/t20-,24?/m1/s1. The van der Waals surface area contributed by atoms with Crippen molar-refractivity contribution in [3.63, 3.8) is 0 Å². The van der Waals surface area contributed by atoms with E-state index in [1.165, 1.54) is 17.4 Å². The van der Waals surface area contributed by atoms with Crippen LogP contribution in [0.1, 0.15) is 54.4 Å². The molecule has 0 spiro atoms. The summed E-state index contributed by atoms with van der Waals surface area (Å²) in [4.78, 5) is 33.8. The minimum atomic E-state index is -0.598. The van der Waals surface area contributed by atoms with Crippen LogP contribution in [0.15, 0.2) is 61.3 Å². The lowest BCUT2D eigenvalue weighted by Gasteiger charge is -2.25. The zero-order chi connectivity index (χ0) is 27.5. The number of hydrogen-bond donors (Lipinski definition) is 2. The number of benzene rings is 1. The molecule has 4 aromatic rings. The van der Waals surface area contributed by atoms with Gasteiger partial charge in [-0.2, -0.15) is 5.10 Å². The maximum Gasteiger partial charge on any atom is 0.268 e. The first-order chi connectivity index (χ1) is 18.8. The molecule has 9 nitrogen and oxygen atoms in total. The van der Waals surface area contributed by atoms with Gasteiger partial charge in [0.1, 0.15) is 5.69 Å². The van der Waals surface area contributed by atoms with Crippen molar-refractivity contribution in [1.29, 1.82) is 0 Å². The fourth-order valence-corrected chi connectivity index (χ4v) is 5.92. The summed E-state index contributed by atoms with van der Waals surface area (Å²) in [5, 5.41) is 21.7. The second-order valence-corrected chi connectivity index (χ2v) is 11.3. The average Bonchev–Trinajstić information content (AvgIpc) is 3.68. The molecule has 202 valence electrons. The molecule has 1 saturated heterocycles. The normalized spacial score (nSPS) is 16.1. The van der Waals surface area contributed by atoms with Crippen molar-refractivity contribution in [3.8, 4) is 10.6 Å². The van der Waals surface area contributed by atoms with Gasteiger partial charge in [-0.15, -0.1) is 16.4 Å². The highest BCUT2D eigenvalue weighted by Crippen LogP contribution is 2.31. The summed E-state index contributed by atoms with van der Waals surface area (Å²) in [6.45, 7) is 8.95. The Morgan fingerprint density at radius 2 is 2.10 bits per heavy atom. The van der Waals surface area contributed by atoms with Gasteiger partial charge in [0.05, 0.1) is 32.9 Å². The summed E-state index contributed by atoms with van der Waals surface area (Å²) in [6.07, 6.45) is 4.76. The van der Waals surface area contributed by atoms with Gasteiger partial charge in [-0.05, 0) is 73.2 Å². The van der Waals surface area contributed by atoms with Crippen LogP contribution >= 0.6 is 11.3 Å². The molecular weight excluding hydrogens is 512 g/mol. The van der Waals surface area contributed by atoms with Crippen LogP contribution in [0.2, 0.25) is 0 Å². The molecule has 2 N–H and O–H groups in total. The van der Waals surface area contributed by atoms with Gasteiger partial charge in [-0.3, -0.25) is 14.9 Å². The number of rotatable bonds is 9. The van der Waals surface area contributed by atoms with Crippen molar-refractivity contribution in [2.24, 2.45) is 5.92 Å². The molecule has 1 fully saturated rings. The van der Waals surface area contributed by atoms with Gasteiger partial charge in [0.25, 0.3) is 5.91 Å². The number of imidazole rings is 1. The van der Waals surface area contributed by atoms with E-state index < -0.39 is 6.10 Å². The van der Waals surface area contributed by atoms with Crippen molar-refractivity contribution < 1.29 is 14.7 Å². The molecule has 3 aromatic heterocycles. The minimum absolute atomic E-state index is 0.0419. The Bertz CT molecular complexity index is 1500. The van der Waals surface area contributed by atoms with Gasteiger partial charge in [-0.25, -0.2) is 4.98 Å². The monoisotopic (exact) mass is 544 g/mol. The van der Waals surface area contributed by atoms with Gasteiger partial charge >= 0.3 is 0 Å². The van der Waals surface area contributed by atoms with E-state index in [4.69, 9.17) is 4.98 Å². The SMILES string of the molecule is C=CC(=O)N1CCC[C@@H]1Cn1c(NC(=O)c2ccc(-c3cccnn3)s2)nc2cc(C(O)CC(C)C)ccc21. The predicted octanol–water partition coefficient (Wildman–Crippen LogP) is 5.06. The zero-order valence-electron chi connectivity index (χ0n) is 22.1. The quantitative estimate of drug-likeness (QED) is 0.285. The number of nitrogens with zero attached hydrogens (tertiary/aromatic N) is 5. The number of aliphatic hydroxyl groups is 1. The lowest BCUT2D eigenvalue weighted by molar-refractivity contribution is -0.126. The fourth-order valence-electron chi connectivity index (χ4n) is 5.05. The molecule has 4 heterocycles. The molecule has 2 atom stereocenters. The smallest absolute Gasteiger partial charge is 0.268 e. The number of carbonyl (C=O) groups is 2. The zero-order valence-corrected chi connectivity index (χ0v) is 22.9. The lowest BCUT2D eigenvalue weighted by atomic mass is 9.99. The van der Waals surface area contributed by atoms with Gasteiger partial charge in [0.15, 0.2) is 0 Å². The number of likely N-dealkylation sites (tertiary alicyclic amines) is 1. The molecule has 10 heteroatoms. The van der Waals surface area contributed by atoms with Crippen molar-refractivity contribution in [2.45, 2.75) is 51.8 Å². The van der Waals surface area contributed by atoms with Crippen LogP contribution in [-0.4, -0.2) is 54.2 Å². The number of anilines is 1. The molecule has 1 aliphatic rings. The number of aliphatic hydroxyl groups excluding tert-OH is 1. The van der Waals surface area contributed by atoms with Gasteiger partial charge in [-0.1, -0.05) is 26.5 Å². The molecule has 5 rings (SSSR count). The van der Waals surface area contributed by atoms with E-state index >= 15 is 0 Å². The molecule has 1 aromatic carbocycles. The van der Waals surface area contributed by atoms with Gasteiger partial charge < -0.3 is 14.6 Å². The number of thiophene rings is 1. The van der Waals surface area contributed by atoms with Crippen LogP contribution in [-0.2, 0) is 11.3 Å². The Balaban J connectivity index is 1.47. The minimum Gasteiger partial charge on any atom is -0.388 e. The maximum absolute atomic E-state index is 13.3. The third-order valence-electron chi connectivity index (χ3n) is 6.96. The summed E-state index contributed by atoms with van der Waals surface area (Å²) in [5.41, 5.74) is 3.00. The number of carbonyl (C=O) groups excluding carboxylic acids is 2. The predicted molar refractivity (Wildman–Crippen MR) is 152 cm³/mol. The molecule has 0 radical (unpaired) electrons. The number of fused-ring (bicyclic) bond motifs is 1. The second-order valence-electron chi connectivity index (χ2n) is 10.2. The number of hydrogen-bond acceptors (Lipinski definition) is 7. The summed E-state index contributed by atoms with van der Waals surface area (Å²) in [6, 6.07) is 13.0. The van der Waals surface area contributed by atoms with E-state index in [9.17, 15) is 14.7 Å². The van der Waals surface area contributed by atoms with E-state index in [-0.39, 0.29) is 17.9 Å². The van der Waals surface area contributed by atoms with Crippen molar-refractivity contribution in [1.82, 2.24) is 24.6 Å². The second kappa shape index (κ2) is 11.5. The van der Waals surface area contributed by atoms with Gasteiger partial charge in [0, 0.05) is 19.3 Å². The highest BCUT2D eigenvalue weighted by Gasteiger charge is 2.29. The Hall–Kier alpha value is -3.89. The Labute approximate surface area is 231 Å². The van der Waals surface area contributed by atoms with Crippen LogP contribution in [0.3, 0.4) is 0 Å². The Morgan fingerprint density at radius 3 is 2.85 bits per heavy atom. The van der Waals surface area contributed by atoms with Crippen LogP contribution in [0.5, 0.6) is 0 Å². The lowest BCUT2D eigenvalue weighted by Crippen LogP contribution is -2.37. The van der Waals surface area contributed by atoms with E-state index in [1.807, 2.05) is 39.8 Å². The molecule has 1 aliphatic heterocycles. The third-order valence-corrected chi connectivity index (χ3v) is 8.07. The first-order valence-electron chi connectivity index (χ1n) is 13.1. The molecule has 0 aliphatic carbocycles. The number of aromatic nitrogens is 4. The van der Waals surface area contributed by atoms with Gasteiger partial charge in [0.2, 0.25) is 11.9 Å². The van der Waals surface area contributed by atoms with Crippen LogP contribution in [0, 0.1) is 5.92 Å². The average molecular weight is 545 g/mol. The highest BCUT2D eigenvalue weighted by molar-refractivity contribution is 7.17. The summed E-state index contributed by atoms with van der Waals surface area (Å²) in [7, 11) is 0. The molecule has 0 saturated carbocycles. The maximum atomic E-state index is 13.3. The van der Waals surface area contributed by atoms with E-state index in [0.717, 1.165) is 28.8 Å². The molecule has 0 bridgehead atoms. The summed E-state index contributed by atoms with van der Waals surface area (Å²) >= 11 is 1.33. The first-order valence-corrected chi connectivity index (χ1v) is 14.0. The van der Waals surface area contributed by atoms with Crippen LogP contribution < -0.4 is 5.32 Å². The Morgan fingerprint density at radius 1 is 1.26 bits per heavy atom. The number of amides is 2. The van der Waals surface area contributed by atoms with Crippen molar-refractivity contribution >= 4 is 40.1 Å². The number of nitrogens with one attached hydrogen (secondary N) is 1. The van der Waals surface area contributed by atoms with Crippen molar-refractivity contribution in [3.05, 3.63) is 71.8 Å². The van der Waals surface area contributed by atoms with Crippen molar-refractivity contribution in [2.75, 3.05) is 11.9 Å². The molecule has 1 unspecified atom stereocenters. The summed E-state index contributed by atoms with van der Waals surface area (Å²) in [5.74, 6) is 0.369. The van der Waals surface area contributed by atoms with Crippen LogP contribution in [0.25, 0.3) is 21.6 Å². The summed E-state index contributed by atoms with van der Waals surface area (Å²) < 4.78 is 1.96. The molecular formula is C29H32N6O3S. The van der Waals surface area contributed by atoms with E-state index in [0.29, 0.717) is 47.5 Å². The van der Waals surface area contributed by atoms with E-state index in [2.05, 4.69) is 35.9 Å².